The van der Waals surface area contributed by atoms with E-state index in [0.717, 1.165) is 5.39 Å². The lowest BCUT2D eigenvalue weighted by atomic mass is 10.0. The Morgan fingerprint density at radius 2 is 2.04 bits per heavy atom. The Hall–Kier alpha value is -3.26. The number of nitrogens with zero attached hydrogens (tertiary/aromatic N) is 2. The Morgan fingerprint density at radius 3 is 2.74 bits per heavy atom. The molecule has 0 spiro atoms. The summed E-state index contributed by atoms with van der Waals surface area (Å²) >= 11 is 0. The number of pyridine rings is 1. The third-order valence-electron chi connectivity index (χ3n) is 3.54. The van der Waals surface area contributed by atoms with Gasteiger partial charge in [-0.2, -0.15) is 5.26 Å². The van der Waals surface area contributed by atoms with Gasteiger partial charge in [-0.15, -0.1) is 0 Å². The van der Waals surface area contributed by atoms with Gasteiger partial charge in [0.05, 0.1) is 30.0 Å². The van der Waals surface area contributed by atoms with Gasteiger partial charge in [-0.05, 0) is 41.8 Å². The van der Waals surface area contributed by atoms with Gasteiger partial charge in [-0.3, -0.25) is 4.98 Å². The molecule has 0 atom stereocenters. The molecule has 2 aromatic carbocycles. The van der Waals surface area contributed by atoms with Crippen LogP contribution >= 0.6 is 0 Å². The maximum atomic E-state index is 14.3. The van der Waals surface area contributed by atoms with E-state index in [1.807, 2.05) is 6.07 Å². The normalized spacial score (nSPS) is 10.3. The summed E-state index contributed by atoms with van der Waals surface area (Å²) in [5.74, 6) is -1.01. The zero-order valence-electron chi connectivity index (χ0n) is 12.2. The molecule has 0 saturated carbocycles. The average molecular weight is 306 g/mol. The molecule has 0 aliphatic carbocycles. The highest BCUT2D eigenvalue weighted by Crippen LogP contribution is 2.29. The number of halogens is 1. The summed E-state index contributed by atoms with van der Waals surface area (Å²) in [4.78, 5) is 15.9. The van der Waals surface area contributed by atoms with E-state index in [1.165, 1.54) is 25.3 Å². The van der Waals surface area contributed by atoms with Crippen molar-refractivity contribution in [2.45, 2.75) is 0 Å². The van der Waals surface area contributed by atoms with Crippen LogP contribution in [0.25, 0.3) is 22.0 Å². The Labute approximate surface area is 131 Å². The van der Waals surface area contributed by atoms with Gasteiger partial charge in [0.25, 0.3) is 0 Å². The molecule has 3 aromatic rings. The predicted octanol–water partition coefficient (Wildman–Crippen LogP) is 3.70. The molecule has 3 rings (SSSR count). The van der Waals surface area contributed by atoms with Gasteiger partial charge in [0.15, 0.2) is 0 Å². The van der Waals surface area contributed by atoms with Crippen LogP contribution in [0, 0.1) is 17.1 Å². The van der Waals surface area contributed by atoms with Crippen LogP contribution in [0.4, 0.5) is 4.39 Å². The molecule has 0 unspecified atom stereocenters. The molecule has 4 nitrogen and oxygen atoms in total. The van der Waals surface area contributed by atoms with E-state index in [4.69, 9.17) is 10.00 Å². The molecule has 0 aliphatic rings. The van der Waals surface area contributed by atoms with Crippen molar-refractivity contribution in [3.05, 3.63) is 65.6 Å². The van der Waals surface area contributed by atoms with Gasteiger partial charge < -0.3 is 4.74 Å². The molecule has 0 radical (unpaired) electrons. The zero-order valence-corrected chi connectivity index (χ0v) is 12.2. The number of fused-ring (bicyclic) bond motifs is 1. The lowest BCUT2D eigenvalue weighted by Crippen LogP contribution is -2.01. The van der Waals surface area contributed by atoms with Crippen molar-refractivity contribution in [1.82, 2.24) is 4.98 Å². The van der Waals surface area contributed by atoms with E-state index >= 15 is 0 Å². The van der Waals surface area contributed by atoms with Crippen LogP contribution in [-0.2, 0) is 4.74 Å². The number of carbonyl (C=O) groups excluding carboxylic acids is 1. The van der Waals surface area contributed by atoms with Crippen molar-refractivity contribution < 1.29 is 13.9 Å². The first kappa shape index (κ1) is 14.7. The highest BCUT2D eigenvalue weighted by Gasteiger charge is 2.13. The van der Waals surface area contributed by atoms with Crippen LogP contribution in [0.1, 0.15) is 15.9 Å². The minimum absolute atomic E-state index is 0.238. The largest absolute Gasteiger partial charge is 0.465 e. The van der Waals surface area contributed by atoms with Gasteiger partial charge in [-0.25, -0.2) is 9.18 Å². The quantitative estimate of drug-likeness (QED) is 0.677. The lowest BCUT2D eigenvalue weighted by molar-refractivity contribution is 0.0601. The number of nitriles is 1. The molecular formula is C18H11FN2O2. The summed E-state index contributed by atoms with van der Waals surface area (Å²) in [6.45, 7) is 0. The van der Waals surface area contributed by atoms with Gasteiger partial charge in [0.1, 0.15) is 5.82 Å². The molecule has 0 saturated heterocycles. The zero-order chi connectivity index (χ0) is 16.4. The number of rotatable bonds is 2. The third-order valence-corrected chi connectivity index (χ3v) is 3.54. The molecular weight excluding hydrogens is 295 g/mol. The second-order valence-corrected chi connectivity index (χ2v) is 4.89. The third kappa shape index (κ3) is 2.62. The Bertz CT molecular complexity index is 961. The van der Waals surface area contributed by atoms with Gasteiger partial charge in [0, 0.05) is 17.1 Å². The molecule has 1 heterocycles. The summed E-state index contributed by atoms with van der Waals surface area (Å²) in [6.07, 6.45) is 1.58. The summed E-state index contributed by atoms with van der Waals surface area (Å²) in [6, 6.07) is 12.9. The molecule has 0 bridgehead atoms. The van der Waals surface area contributed by atoms with E-state index in [9.17, 15) is 9.18 Å². The van der Waals surface area contributed by atoms with Crippen LogP contribution in [0.2, 0.25) is 0 Å². The molecule has 0 N–H and O–H groups in total. The molecule has 112 valence electrons. The lowest BCUT2D eigenvalue weighted by Gasteiger charge is -2.08. The minimum Gasteiger partial charge on any atom is -0.465 e. The first-order valence-corrected chi connectivity index (χ1v) is 6.81. The molecule has 0 fully saturated rings. The van der Waals surface area contributed by atoms with Gasteiger partial charge in [0.2, 0.25) is 0 Å². The van der Waals surface area contributed by atoms with Crippen LogP contribution in [0.3, 0.4) is 0 Å². The number of methoxy groups -OCH3 is 1. The summed E-state index contributed by atoms with van der Waals surface area (Å²) in [5, 5.41) is 10.3. The fourth-order valence-electron chi connectivity index (χ4n) is 2.40. The average Bonchev–Trinajstić information content (AvgIpc) is 2.60. The highest BCUT2D eigenvalue weighted by atomic mass is 19.1. The number of hydrogen-bond acceptors (Lipinski definition) is 4. The molecule has 1 aromatic heterocycles. The van der Waals surface area contributed by atoms with Crippen LogP contribution in [-0.4, -0.2) is 18.1 Å². The number of esters is 1. The Kier molecular flexibility index (Phi) is 3.73. The van der Waals surface area contributed by atoms with E-state index in [-0.39, 0.29) is 11.1 Å². The van der Waals surface area contributed by atoms with Crippen LogP contribution in [0.5, 0.6) is 0 Å². The van der Waals surface area contributed by atoms with Crippen molar-refractivity contribution in [3.8, 4) is 17.3 Å². The fraction of sp³-hybridized carbons (Fsp3) is 0.0556. The standard InChI is InChI=1S/C18H11FN2O2/c1-23-18(22)13-4-3-12-6-7-21-17(15(12)9-13)14-5-2-11(10-20)8-16(14)19/h2-9H,1H3. The summed E-state index contributed by atoms with van der Waals surface area (Å²) in [7, 11) is 1.30. The fourth-order valence-corrected chi connectivity index (χ4v) is 2.40. The molecule has 0 aliphatic heterocycles. The maximum absolute atomic E-state index is 14.3. The van der Waals surface area contributed by atoms with Crippen molar-refractivity contribution in [1.29, 1.82) is 5.26 Å². The molecule has 5 heteroatoms. The van der Waals surface area contributed by atoms with Crippen molar-refractivity contribution in [3.63, 3.8) is 0 Å². The van der Waals surface area contributed by atoms with Crippen molar-refractivity contribution in [2.75, 3.05) is 7.11 Å². The SMILES string of the molecule is COC(=O)c1ccc2ccnc(-c3ccc(C#N)cc3F)c2c1. The second-order valence-electron chi connectivity index (χ2n) is 4.89. The van der Waals surface area contributed by atoms with Crippen molar-refractivity contribution in [2.24, 2.45) is 0 Å². The number of benzene rings is 2. The van der Waals surface area contributed by atoms with Gasteiger partial charge in [-0.1, -0.05) is 6.07 Å². The summed E-state index contributed by atoms with van der Waals surface area (Å²) in [5.41, 5.74) is 1.29. The molecule has 23 heavy (non-hydrogen) atoms. The molecule has 0 amide bonds. The van der Waals surface area contributed by atoms with Crippen molar-refractivity contribution >= 4 is 16.7 Å². The summed E-state index contributed by atoms with van der Waals surface area (Å²) < 4.78 is 19.0. The monoisotopic (exact) mass is 306 g/mol. The van der Waals surface area contributed by atoms with Gasteiger partial charge >= 0.3 is 5.97 Å². The van der Waals surface area contributed by atoms with E-state index in [2.05, 4.69) is 4.98 Å². The topological polar surface area (TPSA) is 63.0 Å². The van der Waals surface area contributed by atoms with E-state index < -0.39 is 11.8 Å². The minimum atomic E-state index is -0.535. The number of aromatic nitrogens is 1. The van der Waals surface area contributed by atoms with E-state index in [1.54, 1.807) is 30.5 Å². The number of carbonyl (C=O) groups is 1. The number of hydrogen-bond donors (Lipinski definition) is 0. The first-order chi connectivity index (χ1) is 11.1. The Morgan fingerprint density at radius 1 is 1.22 bits per heavy atom. The highest BCUT2D eigenvalue weighted by molar-refractivity contribution is 6.00. The smallest absolute Gasteiger partial charge is 0.337 e. The second kappa shape index (κ2) is 5.85. The first-order valence-electron chi connectivity index (χ1n) is 6.81. The van der Waals surface area contributed by atoms with Crippen LogP contribution < -0.4 is 0 Å². The predicted molar refractivity (Wildman–Crippen MR) is 83.2 cm³/mol. The number of ether oxygens (including phenoxy) is 1. The maximum Gasteiger partial charge on any atom is 0.337 e. The van der Waals surface area contributed by atoms with E-state index in [0.29, 0.717) is 16.6 Å². The van der Waals surface area contributed by atoms with Crippen LogP contribution in [0.15, 0.2) is 48.7 Å². The Balaban J connectivity index is 2.25.